The van der Waals surface area contributed by atoms with Crippen LogP contribution in [0.15, 0.2) is 18.3 Å². The van der Waals surface area contributed by atoms with Gasteiger partial charge in [-0.25, -0.2) is 0 Å². The molecule has 1 aliphatic rings. The second kappa shape index (κ2) is 3.57. The summed E-state index contributed by atoms with van der Waals surface area (Å²) >= 11 is 0. The van der Waals surface area contributed by atoms with Gasteiger partial charge in [-0.05, 0) is 40.6 Å². The van der Waals surface area contributed by atoms with Crippen LogP contribution in [-0.2, 0) is 9.31 Å². The molecule has 1 aliphatic heterocycles. The summed E-state index contributed by atoms with van der Waals surface area (Å²) in [7, 11) is -0.511. The zero-order chi connectivity index (χ0) is 14.5. The fraction of sp³-hybridized carbons (Fsp3) is 0.583. The molecule has 0 saturated carbocycles. The van der Waals surface area contributed by atoms with Crippen LogP contribution in [-0.4, -0.2) is 23.3 Å². The van der Waals surface area contributed by atoms with Crippen molar-refractivity contribution >= 4 is 12.6 Å². The third kappa shape index (κ3) is 1.87. The first-order chi connectivity index (χ1) is 8.53. The molecular formula is C12H18BNO2. The van der Waals surface area contributed by atoms with E-state index >= 15 is 0 Å². The van der Waals surface area contributed by atoms with Crippen LogP contribution >= 0.6 is 0 Å². The maximum Gasteiger partial charge on any atom is 0.496 e. The second-order valence-corrected chi connectivity index (χ2v) is 5.07. The third-order valence-corrected chi connectivity index (χ3v) is 3.31. The van der Waals surface area contributed by atoms with Crippen molar-refractivity contribution in [2.45, 2.75) is 45.7 Å². The lowest BCUT2D eigenvalue weighted by Gasteiger charge is -2.32. The van der Waals surface area contributed by atoms with Gasteiger partial charge in [0.05, 0.1) is 11.2 Å². The Balaban J connectivity index is 2.22. The highest BCUT2D eigenvalue weighted by atomic mass is 16.7. The molecule has 0 bridgehead atoms. The summed E-state index contributed by atoms with van der Waals surface area (Å²) in [4.78, 5) is 3.97. The van der Waals surface area contributed by atoms with Crippen molar-refractivity contribution in [2.24, 2.45) is 0 Å². The van der Waals surface area contributed by atoms with Crippen molar-refractivity contribution in [1.82, 2.24) is 4.98 Å². The highest BCUT2D eigenvalue weighted by Crippen LogP contribution is 2.36. The van der Waals surface area contributed by atoms with Crippen LogP contribution < -0.4 is 5.46 Å². The van der Waals surface area contributed by atoms with Crippen molar-refractivity contribution < 1.29 is 13.4 Å². The van der Waals surface area contributed by atoms with Crippen LogP contribution in [0.5, 0.6) is 0 Å². The molecule has 1 aromatic heterocycles. The SMILES string of the molecule is [2H]C([2H])([2H])c1ccc(B2OC(C)(C)C(C)(C)O2)cn1. The molecule has 2 heterocycles. The smallest absolute Gasteiger partial charge is 0.399 e. The van der Waals surface area contributed by atoms with Crippen molar-refractivity contribution in [3.63, 3.8) is 0 Å². The number of rotatable bonds is 1. The molecule has 1 saturated heterocycles. The molecule has 1 aromatic rings. The molecule has 86 valence electrons. The lowest BCUT2D eigenvalue weighted by atomic mass is 9.80. The minimum Gasteiger partial charge on any atom is -0.399 e. The summed E-state index contributed by atoms with van der Waals surface area (Å²) < 4.78 is 33.6. The van der Waals surface area contributed by atoms with Crippen LogP contribution in [0, 0.1) is 6.85 Å². The van der Waals surface area contributed by atoms with Gasteiger partial charge in [-0.3, -0.25) is 4.98 Å². The summed E-state index contributed by atoms with van der Waals surface area (Å²) in [5.74, 6) is 0. The Labute approximate surface area is 102 Å². The zero-order valence-electron chi connectivity index (χ0n) is 13.1. The van der Waals surface area contributed by atoms with E-state index in [1.54, 1.807) is 6.07 Å². The molecule has 16 heavy (non-hydrogen) atoms. The molecule has 0 N–H and O–H groups in total. The van der Waals surface area contributed by atoms with E-state index in [4.69, 9.17) is 13.4 Å². The Morgan fingerprint density at radius 3 is 2.25 bits per heavy atom. The van der Waals surface area contributed by atoms with Crippen molar-refractivity contribution in [1.29, 1.82) is 0 Å². The van der Waals surface area contributed by atoms with Gasteiger partial charge >= 0.3 is 7.12 Å². The highest BCUT2D eigenvalue weighted by molar-refractivity contribution is 6.62. The number of pyridine rings is 1. The van der Waals surface area contributed by atoms with Gasteiger partial charge in [0.15, 0.2) is 0 Å². The minimum absolute atomic E-state index is 0.0766. The van der Waals surface area contributed by atoms with Gasteiger partial charge in [-0.2, -0.15) is 0 Å². The first-order valence-electron chi connectivity index (χ1n) is 6.85. The fourth-order valence-corrected chi connectivity index (χ4v) is 1.52. The van der Waals surface area contributed by atoms with Gasteiger partial charge in [0.1, 0.15) is 0 Å². The first kappa shape index (κ1) is 8.26. The van der Waals surface area contributed by atoms with Crippen LogP contribution in [0.3, 0.4) is 0 Å². The Hall–Kier alpha value is -0.865. The van der Waals surface area contributed by atoms with Crippen LogP contribution in [0.4, 0.5) is 0 Å². The maximum atomic E-state index is 7.29. The van der Waals surface area contributed by atoms with E-state index in [2.05, 4.69) is 4.98 Å². The summed E-state index contributed by atoms with van der Waals surface area (Å²) in [6.07, 6.45) is 1.50. The molecular weight excluding hydrogens is 201 g/mol. The number of aryl methyl sites for hydroxylation is 1. The molecule has 0 aliphatic carbocycles. The standard InChI is InChI=1S/C12H18BNO2/c1-9-6-7-10(8-14-9)13-15-11(2,3)12(4,5)16-13/h6-8H,1-5H3/i1D3. The van der Waals surface area contributed by atoms with Gasteiger partial charge in [0.25, 0.3) is 0 Å². The lowest BCUT2D eigenvalue weighted by Crippen LogP contribution is -2.41. The average Bonchev–Trinajstić information content (AvgIpc) is 2.47. The number of hydrogen-bond acceptors (Lipinski definition) is 3. The van der Waals surface area contributed by atoms with E-state index in [0.29, 0.717) is 0 Å². The predicted octanol–water partition coefficient (Wildman–Crippen LogP) is 1.69. The van der Waals surface area contributed by atoms with E-state index in [1.807, 2.05) is 27.7 Å². The van der Waals surface area contributed by atoms with Crippen molar-refractivity contribution in [3.8, 4) is 0 Å². The van der Waals surface area contributed by atoms with E-state index in [9.17, 15) is 0 Å². The molecule has 0 spiro atoms. The minimum atomic E-state index is -2.19. The Morgan fingerprint density at radius 2 is 1.81 bits per heavy atom. The van der Waals surface area contributed by atoms with Crippen molar-refractivity contribution in [3.05, 3.63) is 24.0 Å². The zero-order valence-corrected chi connectivity index (χ0v) is 10.1. The summed E-state index contributed by atoms with van der Waals surface area (Å²) in [5.41, 5.74) is -0.0276. The number of aromatic nitrogens is 1. The Kier molecular flexibility index (Phi) is 1.84. The van der Waals surface area contributed by atoms with E-state index in [1.165, 1.54) is 12.3 Å². The van der Waals surface area contributed by atoms with Crippen molar-refractivity contribution in [2.75, 3.05) is 0 Å². The van der Waals surface area contributed by atoms with Crippen LogP contribution in [0.2, 0.25) is 0 Å². The Bertz CT molecular complexity index is 455. The van der Waals surface area contributed by atoms with Gasteiger partial charge in [0, 0.05) is 21.5 Å². The number of hydrogen-bond donors (Lipinski definition) is 0. The predicted molar refractivity (Wildman–Crippen MR) is 64.7 cm³/mol. The molecule has 2 rings (SSSR count). The van der Waals surface area contributed by atoms with Gasteiger partial charge < -0.3 is 9.31 Å². The molecule has 4 heteroatoms. The van der Waals surface area contributed by atoms with Gasteiger partial charge in [0.2, 0.25) is 0 Å². The normalized spacial score (nSPS) is 26.0. The largest absolute Gasteiger partial charge is 0.496 e. The molecule has 0 atom stereocenters. The molecule has 3 nitrogen and oxygen atoms in total. The summed E-state index contributed by atoms with van der Waals surface area (Å²) in [6, 6.07) is 3.18. The quantitative estimate of drug-likeness (QED) is 0.677. The lowest BCUT2D eigenvalue weighted by molar-refractivity contribution is 0.00578. The Morgan fingerprint density at radius 1 is 1.19 bits per heavy atom. The van der Waals surface area contributed by atoms with Gasteiger partial charge in [-0.1, -0.05) is 6.07 Å². The molecule has 0 aromatic carbocycles. The molecule has 1 fully saturated rings. The maximum absolute atomic E-state index is 7.29. The van der Waals surface area contributed by atoms with E-state index < -0.39 is 25.2 Å². The summed E-state index contributed by atoms with van der Waals surface area (Å²) in [5, 5.41) is 0. The van der Waals surface area contributed by atoms with E-state index in [0.717, 1.165) is 5.46 Å². The van der Waals surface area contributed by atoms with Gasteiger partial charge in [-0.15, -0.1) is 0 Å². The number of nitrogens with zero attached hydrogens (tertiary/aromatic N) is 1. The van der Waals surface area contributed by atoms with E-state index in [-0.39, 0.29) is 5.69 Å². The average molecular weight is 222 g/mol. The molecule has 0 radical (unpaired) electrons. The molecule has 0 unspecified atom stereocenters. The highest BCUT2D eigenvalue weighted by Gasteiger charge is 2.51. The monoisotopic (exact) mass is 222 g/mol. The molecule has 0 amide bonds. The topological polar surface area (TPSA) is 31.4 Å². The first-order valence-corrected chi connectivity index (χ1v) is 5.35. The summed E-state index contributed by atoms with van der Waals surface area (Å²) in [6.45, 7) is 5.69. The fourth-order valence-electron chi connectivity index (χ4n) is 1.52. The third-order valence-electron chi connectivity index (χ3n) is 3.31. The second-order valence-electron chi connectivity index (χ2n) is 5.07. The van der Waals surface area contributed by atoms with Crippen LogP contribution in [0.25, 0.3) is 0 Å². The van der Waals surface area contributed by atoms with Crippen LogP contribution in [0.1, 0.15) is 37.5 Å².